The Bertz CT molecular complexity index is 141. The molecule has 0 bridgehead atoms. The molecular weight excluding hydrogens is 168 g/mol. The maximum absolute atomic E-state index is 10.7. The normalized spacial score (nSPS) is 11.7. The molecule has 0 aliphatic carbocycles. The van der Waals surface area contributed by atoms with Crippen molar-refractivity contribution in [3.63, 3.8) is 0 Å². The SMILES string of the molecule is CCCCC(C)(C)CSC(C)=O. The number of carbonyl (C=O) groups is 1. The highest BCUT2D eigenvalue weighted by molar-refractivity contribution is 8.13. The third-order valence-corrected chi connectivity index (χ3v) is 3.21. The van der Waals surface area contributed by atoms with Crippen LogP contribution >= 0.6 is 11.8 Å². The molecule has 2 heteroatoms. The van der Waals surface area contributed by atoms with Gasteiger partial charge in [-0.25, -0.2) is 0 Å². The molecular formula is C10H20OS. The number of hydrogen-bond donors (Lipinski definition) is 0. The van der Waals surface area contributed by atoms with E-state index in [2.05, 4.69) is 20.8 Å². The number of carbonyl (C=O) groups excluding carboxylic acids is 1. The number of hydrogen-bond acceptors (Lipinski definition) is 2. The van der Waals surface area contributed by atoms with Crippen LogP contribution in [0.5, 0.6) is 0 Å². The molecule has 0 atom stereocenters. The van der Waals surface area contributed by atoms with Gasteiger partial charge in [-0.3, -0.25) is 4.79 Å². The van der Waals surface area contributed by atoms with Crippen LogP contribution in [0, 0.1) is 5.41 Å². The van der Waals surface area contributed by atoms with Crippen LogP contribution in [-0.4, -0.2) is 10.9 Å². The summed E-state index contributed by atoms with van der Waals surface area (Å²) in [5.41, 5.74) is 0.326. The van der Waals surface area contributed by atoms with Crippen molar-refractivity contribution in [2.75, 3.05) is 5.75 Å². The lowest BCUT2D eigenvalue weighted by atomic mass is 9.90. The summed E-state index contributed by atoms with van der Waals surface area (Å²) in [7, 11) is 0. The fourth-order valence-electron chi connectivity index (χ4n) is 1.02. The van der Waals surface area contributed by atoms with Gasteiger partial charge < -0.3 is 0 Å². The summed E-state index contributed by atoms with van der Waals surface area (Å²) in [6.45, 7) is 8.31. The highest BCUT2D eigenvalue weighted by Gasteiger charge is 2.17. The molecule has 72 valence electrons. The summed E-state index contributed by atoms with van der Waals surface area (Å²) in [4.78, 5) is 10.7. The van der Waals surface area contributed by atoms with Crippen molar-refractivity contribution in [2.24, 2.45) is 5.41 Å². The van der Waals surface area contributed by atoms with Crippen molar-refractivity contribution in [3.8, 4) is 0 Å². The smallest absolute Gasteiger partial charge is 0.185 e. The van der Waals surface area contributed by atoms with Gasteiger partial charge in [-0.1, -0.05) is 45.4 Å². The predicted octanol–water partition coefficient (Wildman–Crippen LogP) is 3.48. The van der Waals surface area contributed by atoms with Gasteiger partial charge in [-0.05, 0) is 11.8 Å². The van der Waals surface area contributed by atoms with Gasteiger partial charge in [0.1, 0.15) is 0 Å². The van der Waals surface area contributed by atoms with Gasteiger partial charge in [0.15, 0.2) is 5.12 Å². The van der Waals surface area contributed by atoms with E-state index < -0.39 is 0 Å². The second kappa shape index (κ2) is 5.63. The van der Waals surface area contributed by atoms with E-state index in [-0.39, 0.29) is 5.12 Å². The molecule has 0 saturated heterocycles. The van der Waals surface area contributed by atoms with E-state index in [0.29, 0.717) is 5.41 Å². The Balaban J connectivity index is 3.63. The van der Waals surface area contributed by atoms with Crippen LogP contribution in [0.3, 0.4) is 0 Å². The number of rotatable bonds is 5. The number of thioether (sulfide) groups is 1. The van der Waals surface area contributed by atoms with E-state index in [1.807, 2.05) is 0 Å². The van der Waals surface area contributed by atoms with Gasteiger partial charge in [0.25, 0.3) is 0 Å². The van der Waals surface area contributed by atoms with E-state index in [1.165, 1.54) is 31.0 Å². The third-order valence-electron chi connectivity index (χ3n) is 1.87. The predicted molar refractivity (Wildman–Crippen MR) is 56.4 cm³/mol. The molecule has 0 N–H and O–H groups in total. The van der Waals surface area contributed by atoms with Gasteiger partial charge in [-0.2, -0.15) is 0 Å². The lowest BCUT2D eigenvalue weighted by molar-refractivity contribution is -0.109. The summed E-state index contributed by atoms with van der Waals surface area (Å²) in [5, 5.41) is 0.236. The van der Waals surface area contributed by atoms with E-state index >= 15 is 0 Å². The highest BCUT2D eigenvalue weighted by atomic mass is 32.2. The van der Waals surface area contributed by atoms with E-state index in [0.717, 1.165) is 5.75 Å². The van der Waals surface area contributed by atoms with E-state index in [4.69, 9.17) is 0 Å². The molecule has 0 spiro atoms. The van der Waals surface area contributed by atoms with E-state index in [1.54, 1.807) is 6.92 Å². The van der Waals surface area contributed by atoms with Crippen LogP contribution in [0.1, 0.15) is 47.0 Å². The summed E-state index contributed by atoms with van der Waals surface area (Å²) < 4.78 is 0. The van der Waals surface area contributed by atoms with Gasteiger partial charge in [-0.15, -0.1) is 0 Å². The standard InChI is InChI=1S/C10H20OS/c1-5-6-7-10(3,4)8-12-9(2)11/h5-8H2,1-4H3. The molecule has 0 aliphatic heterocycles. The summed E-state index contributed by atoms with van der Waals surface area (Å²) in [6, 6.07) is 0. The largest absolute Gasteiger partial charge is 0.288 e. The van der Waals surface area contributed by atoms with Crippen molar-refractivity contribution in [3.05, 3.63) is 0 Å². The number of unbranched alkanes of at least 4 members (excludes halogenated alkanes) is 1. The van der Waals surface area contributed by atoms with Gasteiger partial charge in [0.2, 0.25) is 0 Å². The highest BCUT2D eigenvalue weighted by Crippen LogP contribution is 2.27. The Labute approximate surface area is 80.3 Å². The molecule has 1 nitrogen and oxygen atoms in total. The molecule has 0 radical (unpaired) electrons. The van der Waals surface area contributed by atoms with Crippen molar-refractivity contribution >= 4 is 16.9 Å². The molecule has 0 saturated carbocycles. The maximum Gasteiger partial charge on any atom is 0.185 e. The summed E-state index contributed by atoms with van der Waals surface area (Å²) >= 11 is 1.45. The third kappa shape index (κ3) is 6.71. The van der Waals surface area contributed by atoms with Crippen molar-refractivity contribution in [1.82, 2.24) is 0 Å². The lowest BCUT2D eigenvalue weighted by Crippen LogP contribution is -2.15. The summed E-state index contributed by atoms with van der Waals surface area (Å²) in [5.74, 6) is 0.961. The molecule has 0 unspecified atom stereocenters. The van der Waals surface area contributed by atoms with Crippen LogP contribution in [0.15, 0.2) is 0 Å². The zero-order valence-corrected chi connectivity index (χ0v) is 9.46. The Kier molecular flexibility index (Phi) is 5.64. The minimum atomic E-state index is 0.236. The average Bonchev–Trinajstić information content (AvgIpc) is 1.98. The minimum absolute atomic E-state index is 0.236. The molecule has 12 heavy (non-hydrogen) atoms. The molecule has 0 aromatic carbocycles. The first-order valence-corrected chi connectivity index (χ1v) is 5.60. The fourth-order valence-corrected chi connectivity index (χ4v) is 1.76. The second-order valence-electron chi connectivity index (χ2n) is 4.05. The molecule has 0 heterocycles. The van der Waals surface area contributed by atoms with Crippen LogP contribution in [0.25, 0.3) is 0 Å². The van der Waals surface area contributed by atoms with Crippen molar-refractivity contribution in [2.45, 2.75) is 47.0 Å². The minimum Gasteiger partial charge on any atom is -0.288 e. The monoisotopic (exact) mass is 188 g/mol. The summed E-state index contributed by atoms with van der Waals surface area (Å²) in [6.07, 6.45) is 3.74. The molecule has 0 aromatic rings. The zero-order chi connectivity index (χ0) is 9.61. The van der Waals surface area contributed by atoms with Crippen molar-refractivity contribution < 1.29 is 4.79 Å². The Morgan fingerprint density at radius 3 is 2.42 bits per heavy atom. The van der Waals surface area contributed by atoms with Crippen LogP contribution in [0.4, 0.5) is 0 Å². The van der Waals surface area contributed by atoms with Crippen molar-refractivity contribution in [1.29, 1.82) is 0 Å². The first-order valence-electron chi connectivity index (χ1n) is 4.61. The van der Waals surface area contributed by atoms with Gasteiger partial charge in [0, 0.05) is 12.7 Å². The average molecular weight is 188 g/mol. The molecule has 0 amide bonds. The molecule has 0 aromatic heterocycles. The van der Waals surface area contributed by atoms with Crippen LogP contribution in [-0.2, 0) is 4.79 Å². The first kappa shape index (κ1) is 12.0. The quantitative estimate of drug-likeness (QED) is 0.657. The molecule has 0 fully saturated rings. The maximum atomic E-state index is 10.7. The Morgan fingerprint density at radius 2 is 2.00 bits per heavy atom. The lowest BCUT2D eigenvalue weighted by Gasteiger charge is -2.22. The Morgan fingerprint density at radius 1 is 1.42 bits per heavy atom. The van der Waals surface area contributed by atoms with Crippen LogP contribution < -0.4 is 0 Å². The topological polar surface area (TPSA) is 17.1 Å². The first-order chi connectivity index (χ1) is 5.48. The Hall–Kier alpha value is 0.0200. The van der Waals surface area contributed by atoms with Gasteiger partial charge in [0.05, 0.1) is 0 Å². The zero-order valence-electron chi connectivity index (χ0n) is 8.64. The second-order valence-corrected chi connectivity index (χ2v) is 5.20. The van der Waals surface area contributed by atoms with Crippen LogP contribution in [0.2, 0.25) is 0 Å². The fraction of sp³-hybridized carbons (Fsp3) is 0.900. The van der Waals surface area contributed by atoms with Gasteiger partial charge >= 0.3 is 0 Å². The molecule has 0 rings (SSSR count). The molecule has 0 aliphatic rings. The van der Waals surface area contributed by atoms with E-state index in [9.17, 15) is 4.79 Å².